The second-order valence-corrected chi connectivity index (χ2v) is 6.32. The SMILES string of the molecule is COC(=O)C1CC(O)CN1C(=O)C(C)N1C(C)CCC1C. The molecule has 0 aromatic rings. The highest BCUT2D eigenvalue weighted by molar-refractivity contribution is 5.88. The van der Waals surface area contributed by atoms with Crippen LogP contribution in [0.5, 0.6) is 0 Å². The van der Waals surface area contributed by atoms with Crippen LogP contribution in [-0.2, 0) is 14.3 Å². The number of carbonyl (C=O) groups is 2. The number of hydrogen-bond acceptors (Lipinski definition) is 5. The van der Waals surface area contributed by atoms with Crippen LogP contribution in [0.15, 0.2) is 0 Å². The van der Waals surface area contributed by atoms with Gasteiger partial charge in [-0.2, -0.15) is 0 Å². The Kier molecular flexibility index (Phi) is 4.88. The second kappa shape index (κ2) is 6.32. The van der Waals surface area contributed by atoms with Gasteiger partial charge in [0.1, 0.15) is 6.04 Å². The fraction of sp³-hybridized carbons (Fsp3) is 0.867. The van der Waals surface area contributed by atoms with Gasteiger partial charge in [0, 0.05) is 25.0 Å². The summed E-state index contributed by atoms with van der Waals surface area (Å²) in [4.78, 5) is 28.3. The first-order valence-corrected chi connectivity index (χ1v) is 7.70. The molecule has 6 nitrogen and oxygen atoms in total. The first kappa shape index (κ1) is 16.2. The van der Waals surface area contributed by atoms with Crippen LogP contribution in [0.2, 0.25) is 0 Å². The average molecular weight is 298 g/mol. The normalized spacial score (nSPS) is 35.0. The molecule has 1 amide bonds. The lowest BCUT2D eigenvalue weighted by Gasteiger charge is -2.35. The first-order valence-electron chi connectivity index (χ1n) is 7.70. The molecule has 2 aliphatic rings. The van der Waals surface area contributed by atoms with Crippen molar-refractivity contribution in [3.63, 3.8) is 0 Å². The topological polar surface area (TPSA) is 70.1 Å². The molecule has 2 aliphatic heterocycles. The molecule has 0 aromatic heterocycles. The van der Waals surface area contributed by atoms with Crippen molar-refractivity contribution in [2.24, 2.45) is 0 Å². The Bertz CT molecular complexity index is 404. The number of nitrogens with zero attached hydrogens (tertiary/aromatic N) is 2. The zero-order valence-corrected chi connectivity index (χ0v) is 13.3. The predicted octanol–water partition coefficient (Wildman–Crippen LogP) is 0.383. The lowest BCUT2D eigenvalue weighted by Crippen LogP contribution is -2.53. The zero-order valence-electron chi connectivity index (χ0n) is 13.3. The molecule has 0 saturated carbocycles. The summed E-state index contributed by atoms with van der Waals surface area (Å²) >= 11 is 0. The van der Waals surface area contributed by atoms with E-state index < -0.39 is 18.1 Å². The van der Waals surface area contributed by atoms with E-state index in [2.05, 4.69) is 18.7 Å². The number of methoxy groups -OCH3 is 1. The van der Waals surface area contributed by atoms with E-state index in [0.717, 1.165) is 12.8 Å². The summed E-state index contributed by atoms with van der Waals surface area (Å²) in [5, 5.41) is 9.80. The summed E-state index contributed by atoms with van der Waals surface area (Å²) in [6.07, 6.45) is 1.78. The van der Waals surface area contributed by atoms with Crippen LogP contribution in [-0.4, -0.2) is 70.7 Å². The van der Waals surface area contributed by atoms with Crippen molar-refractivity contribution in [3.8, 4) is 0 Å². The van der Waals surface area contributed by atoms with E-state index in [1.165, 1.54) is 12.0 Å². The largest absolute Gasteiger partial charge is 0.467 e. The van der Waals surface area contributed by atoms with Gasteiger partial charge in [0.05, 0.1) is 19.3 Å². The molecule has 5 unspecified atom stereocenters. The summed E-state index contributed by atoms with van der Waals surface area (Å²) in [6.45, 7) is 6.35. The van der Waals surface area contributed by atoms with Gasteiger partial charge < -0.3 is 14.7 Å². The van der Waals surface area contributed by atoms with Gasteiger partial charge in [0.25, 0.3) is 0 Å². The van der Waals surface area contributed by atoms with Gasteiger partial charge in [0.2, 0.25) is 5.91 Å². The smallest absolute Gasteiger partial charge is 0.328 e. The van der Waals surface area contributed by atoms with Gasteiger partial charge in [-0.1, -0.05) is 0 Å². The van der Waals surface area contributed by atoms with Crippen LogP contribution in [0.4, 0.5) is 0 Å². The lowest BCUT2D eigenvalue weighted by atomic mass is 10.1. The van der Waals surface area contributed by atoms with Gasteiger partial charge in [-0.15, -0.1) is 0 Å². The number of likely N-dealkylation sites (tertiary alicyclic amines) is 2. The Hall–Kier alpha value is -1.14. The molecule has 2 heterocycles. The Morgan fingerprint density at radius 2 is 1.81 bits per heavy atom. The first-order chi connectivity index (χ1) is 9.86. The third-order valence-corrected chi connectivity index (χ3v) is 4.86. The fourth-order valence-electron chi connectivity index (χ4n) is 3.76. The third kappa shape index (κ3) is 3.06. The Morgan fingerprint density at radius 3 is 2.33 bits per heavy atom. The van der Waals surface area contributed by atoms with E-state index in [4.69, 9.17) is 4.74 Å². The average Bonchev–Trinajstić information content (AvgIpc) is 2.99. The molecule has 2 rings (SSSR count). The summed E-state index contributed by atoms with van der Waals surface area (Å²) in [5.74, 6) is -0.544. The minimum Gasteiger partial charge on any atom is -0.467 e. The van der Waals surface area contributed by atoms with Gasteiger partial charge >= 0.3 is 5.97 Å². The van der Waals surface area contributed by atoms with Crippen LogP contribution in [0.25, 0.3) is 0 Å². The maximum atomic E-state index is 12.8. The lowest BCUT2D eigenvalue weighted by molar-refractivity contribution is -0.153. The minimum absolute atomic E-state index is 0.0949. The zero-order chi connectivity index (χ0) is 15.7. The van der Waals surface area contributed by atoms with E-state index in [1.807, 2.05) is 6.92 Å². The van der Waals surface area contributed by atoms with Crippen LogP contribution in [0, 0.1) is 0 Å². The van der Waals surface area contributed by atoms with E-state index in [1.54, 1.807) is 0 Å². The van der Waals surface area contributed by atoms with Gasteiger partial charge in [-0.25, -0.2) is 4.79 Å². The monoisotopic (exact) mass is 298 g/mol. The number of carbonyl (C=O) groups excluding carboxylic acids is 2. The standard InChI is InChI=1S/C15H26N2O4/c1-9-5-6-10(2)17(9)11(3)14(19)16-8-12(18)7-13(16)15(20)21-4/h9-13,18H,5-8H2,1-4H3. The minimum atomic E-state index is -0.659. The molecule has 0 aliphatic carbocycles. The molecule has 2 saturated heterocycles. The number of amides is 1. The van der Waals surface area contributed by atoms with Gasteiger partial charge in [0.15, 0.2) is 0 Å². The molecule has 5 atom stereocenters. The van der Waals surface area contributed by atoms with Crippen molar-refractivity contribution < 1.29 is 19.4 Å². The van der Waals surface area contributed by atoms with Crippen LogP contribution in [0.3, 0.4) is 0 Å². The Morgan fingerprint density at radius 1 is 1.24 bits per heavy atom. The van der Waals surface area contributed by atoms with Crippen LogP contribution < -0.4 is 0 Å². The molecular weight excluding hydrogens is 272 g/mol. The second-order valence-electron chi connectivity index (χ2n) is 6.32. The molecular formula is C15H26N2O4. The quantitative estimate of drug-likeness (QED) is 0.763. The van der Waals surface area contributed by atoms with Gasteiger partial charge in [-0.05, 0) is 33.6 Å². The predicted molar refractivity (Wildman–Crippen MR) is 77.6 cm³/mol. The van der Waals surface area contributed by atoms with Crippen LogP contribution >= 0.6 is 0 Å². The van der Waals surface area contributed by atoms with Gasteiger partial charge in [-0.3, -0.25) is 9.69 Å². The molecule has 1 N–H and O–H groups in total. The summed E-state index contributed by atoms with van der Waals surface area (Å²) in [5.41, 5.74) is 0. The molecule has 6 heteroatoms. The number of aliphatic hydroxyl groups excluding tert-OH is 1. The van der Waals surface area contributed by atoms with Crippen molar-refractivity contribution in [1.82, 2.24) is 9.80 Å². The molecule has 0 radical (unpaired) electrons. The molecule has 0 bridgehead atoms. The fourth-order valence-corrected chi connectivity index (χ4v) is 3.76. The Labute approximate surface area is 126 Å². The molecule has 21 heavy (non-hydrogen) atoms. The van der Waals surface area contributed by atoms with E-state index in [9.17, 15) is 14.7 Å². The molecule has 0 aromatic carbocycles. The number of aliphatic hydroxyl groups is 1. The summed E-state index contributed by atoms with van der Waals surface area (Å²) < 4.78 is 4.75. The number of esters is 1. The Balaban J connectivity index is 2.12. The molecule has 0 spiro atoms. The summed E-state index contributed by atoms with van der Waals surface area (Å²) in [6, 6.07) is -0.214. The summed E-state index contributed by atoms with van der Waals surface area (Å²) in [7, 11) is 1.31. The number of ether oxygens (including phenoxy) is 1. The van der Waals surface area contributed by atoms with Crippen molar-refractivity contribution in [3.05, 3.63) is 0 Å². The van der Waals surface area contributed by atoms with Crippen LogP contribution in [0.1, 0.15) is 40.0 Å². The van der Waals surface area contributed by atoms with Crippen molar-refractivity contribution in [2.45, 2.75) is 70.3 Å². The van der Waals surface area contributed by atoms with Crippen molar-refractivity contribution in [2.75, 3.05) is 13.7 Å². The van der Waals surface area contributed by atoms with E-state index >= 15 is 0 Å². The molecule has 2 fully saturated rings. The van der Waals surface area contributed by atoms with E-state index in [-0.39, 0.29) is 24.9 Å². The number of rotatable bonds is 3. The van der Waals surface area contributed by atoms with Crippen molar-refractivity contribution in [1.29, 1.82) is 0 Å². The highest BCUT2D eigenvalue weighted by Crippen LogP contribution is 2.28. The maximum Gasteiger partial charge on any atom is 0.328 e. The highest BCUT2D eigenvalue weighted by Gasteiger charge is 2.43. The highest BCUT2D eigenvalue weighted by atomic mass is 16.5. The van der Waals surface area contributed by atoms with E-state index in [0.29, 0.717) is 12.1 Å². The number of hydrogen-bond donors (Lipinski definition) is 1. The third-order valence-electron chi connectivity index (χ3n) is 4.86. The molecule has 120 valence electrons. The maximum absolute atomic E-state index is 12.8. The number of β-amino-alcohol motifs (C(OH)–C–C–N with tert-alkyl or cyclic N) is 1. The van der Waals surface area contributed by atoms with Crippen molar-refractivity contribution >= 4 is 11.9 Å².